The van der Waals surface area contributed by atoms with Crippen LogP contribution in [0.4, 0.5) is 0 Å². The molecule has 0 saturated heterocycles. The molecule has 1 heterocycles. The molecule has 0 amide bonds. The molecule has 0 aliphatic heterocycles. The minimum atomic E-state index is -0.265. The molecule has 0 bridgehead atoms. The molecule has 0 fully saturated rings. The van der Waals surface area contributed by atoms with E-state index >= 15 is 0 Å². The van der Waals surface area contributed by atoms with Crippen LogP contribution < -0.4 is 10.6 Å². The molecule has 132 valence electrons. The van der Waals surface area contributed by atoms with Crippen molar-refractivity contribution in [1.82, 2.24) is 20.8 Å². The Bertz CT molecular complexity index is 483. The summed E-state index contributed by atoms with van der Waals surface area (Å²) < 4.78 is 10.6. The molecule has 1 aromatic rings. The molecule has 0 aliphatic carbocycles. The van der Waals surface area contributed by atoms with Gasteiger partial charge >= 0.3 is 0 Å². The summed E-state index contributed by atoms with van der Waals surface area (Å²) in [6.07, 6.45) is 1.66. The molecular weight excluding hydrogens is 294 g/mol. The zero-order valence-electron chi connectivity index (χ0n) is 15.3. The van der Waals surface area contributed by atoms with Gasteiger partial charge in [0.2, 0.25) is 5.89 Å². The number of guanidine groups is 1. The van der Waals surface area contributed by atoms with Gasteiger partial charge in [0, 0.05) is 32.5 Å². The van der Waals surface area contributed by atoms with E-state index in [1.54, 1.807) is 7.11 Å². The zero-order chi connectivity index (χ0) is 17.3. The zero-order valence-corrected chi connectivity index (χ0v) is 15.3. The van der Waals surface area contributed by atoms with Crippen LogP contribution in [0.3, 0.4) is 0 Å². The average molecular weight is 325 g/mol. The van der Waals surface area contributed by atoms with Crippen LogP contribution in [-0.2, 0) is 11.2 Å². The first-order valence-electron chi connectivity index (χ1n) is 8.27. The normalized spacial score (nSPS) is 12.7. The third-order valence-corrected chi connectivity index (χ3v) is 3.37. The summed E-state index contributed by atoms with van der Waals surface area (Å²) in [5.41, 5.74) is -0.265. The van der Waals surface area contributed by atoms with Crippen molar-refractivity contribution >= 4 is 5.96 Å². The largest absolute Gasteiger partial charge is 0.377 e. The van der Waals surface area contributed by atoms with Crippen LogP contribution in [0.15, 0.2) is 9.52 Å². The molecule has 0 radical (unpaired) electrons. The van der Waals surface area contributed by atoms with Gasteiger partial charge in [0.1, 0.15) is 0 Å². The van der Waals surface area contributed by atoms with Crippen LogP contribution in [0.1, 0.15) is 58.7 Å². The van der Waals surface area contributed by atoms with Crippen molar-refractivity contribution in [2.45, 2.75) is 59.0 Å². The lowest BCUT2D eigenvalue weighted by atomic mass is 10.1. The molecule has 2 N–H and O–H groups in total. The Morgan fingerprint density at radius 1 is 1.35 bits per heavy atom. The molecule has 23 heavy (non-hydrogen) atoms. The van der Waals surface area contributed by atoms with Crippen LogP contribution >= 0.6 is 0 Å². The lowest BCUT2D eigenvalue weighted by molar-refractivity contribution is 0.0310. The van der Waals surface area contributed by atoms with Gasteiger partial charge < -0.3 is 19.9 Å². The first kappa shape index (κ1) is 19.4. The maximum absolute atomic E-state index is 5.38. The summed E-state index contributed by atoms with van der Waals surface area (Å²) in [7, 11) is 1.70. The van der Waals surface area contributed by atoms with Crippen LogP contribution in [-0.4, -0.2) is 48.4 Å². The Morgan fingerprint density at radius 2 is 2.09 bits per heavy atom. The van der Waals surface area contributed by atoms with Crippen LogP contribution in [0.2, 0.25) is 0 Å². The van der Waals surface area contributed by atoms with E-state index < -0.39 is 0 Å². The smallest absolute Gasteiger partial charge is 0.226 e. The van der Waals surface area contributed by atoms with Crippen molar-refractivity contribution in [3.05, 3.63) is 11.7 Å². The predicted molar refractivity (Wildman–Crippen MR) is 91.8 cm³/mol. The number of ether oxygens (including phenoxy) is 1. The van der Waals surface area contributed by atoms with E-state index in [1.807, 2.05) is 20.8 Å². The van der Waals surface area contributed by atoms with Gasteiger partial charge in [-0.3, -0.25) is 4.99 Å². The minimum Gasteiger partial charge on any atom is -0.377 e. The maximum Gasteiger partial charge on any atom is 0.226 e. The first-order chi connectivity index (χ1) is 10.9. The minimum absolute atomic E-state index is 0.265. The van der Waals surface area contributed by atoms with Gasteiger partial charge in [-0.2, -0.15) is 4.98 Å². The molecule has 0 aliphatic rings. The van der Waals surface area contributed by atoms with E-state index in [9.17, 15) is 0 Å². The highest BCUT2D eigenvalue weighted by Gasteiger charge is 2.15. The number of hydrogen-bond donors (Lipinski definition) is 2. The van der Waals surface area contributed by atoms with Gasteiger partial charge in [0.15, 0.2) is 11.8 Å². The molecule has 0 atom stereocenters. The van der Waals surface area contributed by atoms with Crippen LogP contribution in [0.5, 0.6) is 0 Å². The van der Waals surface area contributed by atoms with E-state index in [-0.39, 0.29) is 5.60 Å². The van der Waals surface area contributed by atoms with Crippen molar-refractivity contribution in [1.29, 1.82) is 0 Å². The standard InChI is InChI=1S/C16H31N5O2/c1-7-17-15(19-11-16(4,5)22-6)18-10-8-9-13-20-14(12(2)3)21-23-13/h12H,7-11H2,1-6H3,(H2,17,18,19). The highest BCUT2D eigenvalue weighted by atomic mass is 16.5. The summed E-state index contributed by atoms with van der Waals surface area (Å²) in [6, 6.07) is 0. The molecule has 7 nitrogen and oxygen atoms in total. The Morgan fingerprint density at radius 3 is 2.65 bits per heavy atom. The Balaban J connectivity index is 2.38. The first-order valence-corrected chi connectivity index (χ1v) is 8.27. The third-order valence-electron chi connectivity index (χ3n) is 3.37. The fraction of sp³-hybridized carbons (Fsp3) is 0.812. The van der Waals surface area contributed by atoms with Crippen LogP contribution in [0, 0.1) is 0 Å². The molecular formula is C16H31N5O2. The van der Waals surface area contributed by atoms with E-state index in [4.69, 9.17) is 9.26 Å². The number of rotatable bonds is 9. The monoisotopic (exact) mass is 325 g/mol. The second kappa shape index (κ2) is 9.50. The van der Waals surface area contributed by atoms with Gasteiger partial charge in [-0.05, 0) is 27.2 Å². The van der Waals surface area contributed by atoms with Gasteiger partial charge in [0.05, 0.1) is 12.1 Å². The van der Waals surface area contributed by atoms with Crippen molar-refractivity contribution in [2.24, 2.45) is 4.99 Å². The van der Waals surface area contributed by atoms with Gasteiger partial charge in [-0.25, -0.2) is 0 Å². The summed E-state index contributed by atoms with van der Waals surface area (Å²) in [5, 5.41) is 10.5. The highest BCUT2D eigenvalue weighted by molar-refractivity contribution is 5.79. The number of aromatic nitrogens is 2. The molecule has 0 spiro atoms. The molecule has 7 heteroatoms. The number of aryl methyl sites for hydroxylation is 1. The van der Waals surface area contributed by atoms with Gasteiger partial charge in [-0.1, -0.05) is 19.0 Å². The molecule has 1 aromatic heterocycles. The summed E-state index contributed by atoms with van der Waals surface area (Å²) in [6.45, 7) is 12.4. The topological polar surface area (TPSA) is 84.6 Å². The molecule has 0 saturated carbocycles. The maximum atomic E-state index is 5.38. The SMILES string of the molecule is CCNC(=NCC(C)(C)OC)NCCCc1nc(C(C)C)no1. The number of nitrogens with zero attached hydrogens (tertiary/aromatic N) is 3. The third kappa shape index (κ3) is 7.45. The van der Waals surface area contributed by atoms with Crippen molar-refractivity contribution < 1.29 is 9.26 Å². The number of hydrogen-bond acceptors (Lipinski definition) is 5. The Hall–Kier alpha value is -1.63. The fourth-order valence-electron chi connectivity index (χ4n) is 1.73. The number of nitrogens with one attached hydrogen (secondary N) is 2. The number of methoxy groups -OCH3 is 1. The second-order valence-electron chi connectivity index (χ2n) is 6.39. The van der Waals surface area contributed by atoms with Crippen molar-refractivity contribution in [3.63, 3.8) is 0 Å². The van der Waals surface area contributed by atoms with Gasteiger partial charge in [-0.15, -0.1) is 0 Å². The van der Waals surface area contributed by atoms with Crippen molar-refractivity contribution in [2.75, 3.05) is 26.7 Å². The van der Waals surface area contributed by atoms with Crippen molar-refractivity contribution in [3.8, 4) is 0 Å². The quantitative estimate of drug-likeness (QED) is 0.411. The van der Waals surface area contributed by atoms with E-state index in [0.29, 0.717) is 18.4 Å². The van der Waals surface area contributed by atoms with Crippen LogP contribution in [0.25, 0.3) is 0 Å². The van der Waals surface area contributed by atoms with Gasteiger partial charge in [0.25, 0.3) is 0 Å². The summed E-state index contributed by atoms with van der Waals surface area (Å²) in [4.78, 5) is 8.92. The molecule has 0 unspecified atom stereocenters. The van der Waals surface area contributed by atoms with E-state index in [2.05, 4.69) is 39.6 Å². The molecule has 1 rings (SSSR count). The summed E-state index contributed by atoms with van der Waals surface area (Å²) >= 11 is 0. The lowest BCUT2D eigenvalue weighted by Gasteiger charge is -2.21. The Kier molecular flexibility index (Phi) is 8.02. The average Bonchev–Trinajstić information content (AvgIpc) is 2.98. The fourth-order valence-corrected chi connectivity index (χ4v) is 1.73. The highest BCUT2D eigenvalue weighted by Crippen LogP contribution is 2.10. The molecule has 0 aromatic carbocycles. The van der Waals surface area contributed by atoms with E-state index in [1.165, 1.54) is 0 Å². The second-order valence-corrected chi connectivity index (χ2v) is 6.39. The predicted octanol–water partition coefficient (Wildman–Crippen LogP) is 2.11. The summed E-state index contributed by atoms with van der Waals surface area (Å²) in [5.74, 6) is 2.55. The lowest BCUT2D eigenvalue weighted by Crippen LogP contribution is -2.39. The van der Waals surface area contributed by atoms with E-state index in [0.717, 1.165) is 37.7 Å². The number of aliphatic imine (C=N–C) groups is 1. The Labute approximate surface area is 139 Å².